The molecule has 0 spiro atoms. The second kappa shape index (κ2) is 6.68. The van der Waals surface area contributed by atoms with Crippen molar-refractivity contribution in [2.45, 2.75) is 18.9 Å². The van der Waals surface area contributed by atoms with E-state index in [1.54, 1.807) is 12.1 Å². The lowest BCUT2D eigenvalue weighted by Gasteiger charge is -2.31. The van der Waals surface area contributed by atoms with Crippen LogP contribution in [-0.4, -0.2) is 45.7 Å². The van der Waals surface area contributed by atoms with Gasteiger partial charge in [0.15, 0.2) is 0 Å². The summed E-state index contributed by atoms with van der Waals surface area (Å²) in [5.41, 5.74) is 4.24. The number of amides is 1. The summed E-state index contributed by atoms with van der Waals surface area (Å²) >= 11 is 0. The topological polar surface area (TPSA) is 101 Å². The number of nitrogens with zero attached hydrogens (tertiary/aromatic N) is 2. The van der Waals surface area contributed by atoms with Crippen LogP contribution in [0.3, 0.4) is 0 Å². The summed E-state index contributed by atoms with van der Waals surface area (Å²) in [7, 11) is 0. The van der Waals surface area contributed by atoms with Crippen LogP contribution in [0.2, 0.25) is 0 Å². The van der Waals surface area contributed by atoms with Crippen molar-refractivity contribution < 1.29 is 15.0 Å². The van der Waals surface area contributed by atoms with Gasteiger partial charge in [0.2, 0.25) is 0 Å². The van der Waals surface area contributed by atoms with Crippen molar-refractivity contribution in [1.29, 1.82) is 0 Å². The third kappa shape index (κ3) is 3.21. The van der Waals surface area contributed by atoms with E-state index >= 15 is 0 Å². The Balaban J connectivity index is 1.61. The fourth-order valence-corrected chi connectivity index (χ4v) is 3.39. The first kappa shape index (κ1) is 16.4. The quantitative estimate of drug-likeness (QED) is 0.579. The molecule has 3 aromatic rings. The predicted octanol–water partition coefficient (Wildman–Crippen LogP) is 3.28. The maximum absolute atomic E-state index is 10.9. The summed E-state index contributed by atoms with van der Waals surface area (Å²) in [5, 5.41) is 29.1. The first-order valence-corrected chi connectivity index (χ1v) is 8.62. The highest BCUT2D eigenvalue weighted by Gasteiger charge is 2.17. The summed E-state index contributed by atoms with van der Waals surface area (Å²) in [6.07, 6.45) is 0.316. The molecule has 0 saturated carbocycles. The number of aliphatic hydroxyl groups excluding tert-OH is 1. The number of aromatic nitrogens is 2. The molecule has 1 fully saturated rings. The molecule has 0 bridgehead atoms. The SMILES string of the molecule is O=C(O)Nc1ccc2[nH]nc(-c3ccc(N4CCC(O)CC4)cc3)c2c1. The number of hydrogen-bond donors (Lipinski definition) is 4. The van der Waals surface area contributed by atoms with E-state index in [4.69, 9.17) is 5.11 Å². The van der Waals surface area contributed by atoms with E-state index in [1.807, 2.05) is 18.2 Å². The molecule has 0 aliphatic carbocycles. The van der Waals surface area contributed by atoms with Gasteiger partial charge in [0, 0.05) is 35.4 Å². The van der Waals surface area contributed by atoms with Crippen LogP contribution in [0.4, 0.5) is 16.2 Å². The normalized spacial score (nSPS) is 15.3. The van der Waals surface area contributed by atoms with E-state index < -0.39 is 6.09 Å². The van der Waals surface area contributed by atoms with Crippen molar-refractivity contribution in [2.75, 3.05) is 23.3 Å². The Hall–Kier alpha value is -3.06. The fraction of sp³-hybridized carbons (Fsp3) is 0.263. The van der Waals surface area contributed by atoms with Gasteiger partial charge in [-0.2, -0.15) is 5.10 Å². The van der Waals surface area contributed by atoms with Crippen molar-refractivity contribution >= 4 is 28.4 Å². The van der Waals surface area contributed by atoms with E-state index in [0.717, 1.165) is 53.8 Å². The van der Waals surface area contributed by atoms with Gasteiger partial charge >= 0.3 is 6.09 Å². The summed E-state index contributed by atoms with van der Waals surface area (Å²) in [5.74, 6) is 0. The van der Waals surface area contributed by atoms with Crippen LogP contribution in [0.25, 0.3) is 22.2 Å². The average molecular weight is 352 g/mol. The third-order valence-corrected chi connectivity index (χ3v) is 4.78. The van der Waals surface area contributed by atoms with Crippen molar-refractivity contribution in [2.24, 2.45) is 0 Å². The van der Waals surface area contributed by atoms with Gasteiger partial charge in [-0.1, -0.05) is 12.1 Å². The predicted molar refractivity (Wildman–Crippen MR) is 101 cm³/mol. The molecule has 26 heavy (non-hydrogen) atoms. The van der Waals surface area contributed by atoms with Gasteiger partial charge < -0.3 is 15.1 Å². The molecule has 0 unspecified atom stereocenters. The Morgan fingerprint density at radius 3 is 2.58 bits per heavy atom. The number of rotatable bonds is 3. The van der Waals surface area contributed by atoms with Crippen LogP contribution in [0.5, 0.6) is 0 Å². The lowest BCUT2D eigenvalue weighted by Crippen LogP contribution is -2.35. The highest BCUT2D eigenvalue weighted by atomic mass is 16.4. The largest absolute Gasteiger partial charge is 0.465 e. The molecule has 134 valence electrons. The Morgan fingerprint density at radius 2 is 1.88 bits per heavy atom. The smallest absolute Gasteiger partial charge is 0.409 e. The minimum atomic E-state index is -1.09. The van der Waals surface area contributed by atoms with Gasteiger partial charge in [0.1, 0.15) is 0 Å². The molecule has 2 heterocycles. The van der Waals surface area contributed by atoms with E-state index in [2.05, 4.69) is 32.5 Å². The van der Waals surface area contributed by atoms with E-state index in [1.165, 1.54) is 0 Å². The van der Waals surface area contributed by atoms with Crippen LogP contribution >= 0.6 is 0 Å². The van der Waals surface area contributed by atoms with E-state index in [-0.39, 0.29) is 6.10 Å². The number of fused-ring (bicyclic) bond motifs is 1. The van der Waals surface area contributed by atoms with Gasteiger partial charge in [-0.15, -0.1) is 0 Å². The molecule has 2 aromatic carbocycles. The lowest BCUT2D eigenvalue weighted by molar-refractivity contribution is 0.145. The second-order valence-electron chi connectivity index (χ2n) is 6.53. The number of H-pyrrole nitrogens is 1. The molecule has 1 aliphatic heterocycles. The van der Waals surface area contributed by atoms with Crippen molar-refractivity contribution in [3.63, 3.8) is 0 Å². The maximum atomic E-state index is 10.9. The number of hydrogen-bond acceptors (Lipinski definition) is 4. The number of aromatic amines is 1. The molecule has 7 nitrogen and oxygen atoms in total. The minimum absolute atomic E-state index is 0.186. The minimum Gasteiger partial charge on any atom is -0.465 e. The van der Waals surface area contributed by atoms with E-state index in [0.29, 0.717) is 5.69 Å². The fourth-order valence-electron chi connectivity index (χ4n) is 3.39. The van der Waals surface area contributed by atoms with E-state index in [9.17, 15) is 9.90 Å². The number of benzene rings is 2. The molecule has 4 N–H and O–H groups in total. The van der Waals surface area contributed by atoms with Crippen LogP contribution in [0.1, 0.15) is 12.8 Å². The second-order valence-corrected chi connectivity index (χ2v) is 6.53. The highest BCUT2D eigenvalue weighted by Crippen LogP contribution is 2.30. The average Bonchev–Trinajstić information content (AvgIpc) is 3.05. The highest BCUT2D eigenvalue weighted by molar-refractivity contribution is 5.96. The van der Waals surface area contributed by atoms with Crippen LogP contribution < -0.4 is 10.2 Å². The number of anilines is 2. The summed E-state index contributed by atoms with van der Waals surface area (Å²) in [6.45, 7) is 1.71. The number of aliphatic hydroxyl groups is 1. The summed E-state index contributed by atoms with van der Waals surface area (Å²) in [4.78, 5) is 13.1. The van der Waals surface area contributed by atoms with Gasteiger partial charge in [0.25, 0.3) is 0 Å². The van der Waals surface area contributed by atoms with Crippen molar-refractivity contribution in [3.8, 4) is 11.3 Å². The van der Waals surface area contributed by atoms with Gasteiger partial charge in [0.05, 0.1) is 17.3 Å². The molecule has 1 aromatic heterocycles. The van der Waals surface area contributed by atoms with Gasteiger partial charge in [-0.25, -0.2) is 4.79 Å². The third-order valence-electron chi connectivity index (χ3n) is 4.78. The summed E-state index contributed by atoms with van der Waals surface area (Å²) in [6, 6.07) is 13.5. The Bertz CT molecular complexity index is 928. The monoisotopic (exact) mass is 352 g/mol. The molecule has 1 saturated heterocycles. The molecule has 1 aliphatic rings. The maximum Gasteiger partial charge on any atom is 0.409 e. The van der Waals surface area contributed by atoms with Crippen LogP contribution in [-0.2, 0) is 0 Å². The van der Waals surface area contributed by atoms with Crippen LogP contribution in [0.15, 0.2) is 42.5 Å². The first-order chi connectivity index (χ1) is 12.6. The molecular formula is C19H20N4O3. The molecule has 1 amide bonds. The van der Waals surface area contributed by atoms with Gasteiger partial charge in [-0.3, -0.25) is 10.4 Å². The standard InChI is InChI=1S/C19H20N4O3/c24-15-7-9-23(10-8-15)14-4-1-12(2-5-14)18-16-11-13(20-19(25)26)3-6-17(16)21-22-18/h1-6,11,15,20,24H,7-10H2,(H,21,22)(H,25,26). The zero-order valence-electron chi connectivity index (χ0n) is 14.1. The van der Waals surface area contributed by atoms with Crippen LogP contribution in [0, 0.1) is 0 Å². The number of piperidine rings is 1. The molecule has 7 heteroatoms. The molecular weight excluding hydrogens is 332 g/mol. The number of nitrogens with one attached hydrogen (secondary N) is 2. The van der Waals surface area contributed by atoms with Gasteiger partial charge in [-0.05, 0) is 43.2 Å². The first-order valence-electron chi connectivity index (χ1n) is 8.62. The van der Waals surface area contributed by atoms with Crippen molar-refractivity contribution in [3.05, 3.63) is 42.5 Å². The Morgan fingerprint density at radius 1 is 1.15 bits per heavy atom. The molecule has 0 atom stereocenters. The summed E-state index contributed by atoms with van der Waals surface area (Å²) < 4.78 is 0. The lowest BCUT2D eigenvalue weighted by atomic mass is 10.0. The number of carbonyl (C=O) groups is 1. The Labute approximate surface area is 150 Å². The Kier molecular flexibility index (Phi) is 4.22. The number of carboxylic acid groups (broad SMARTS) is 1. The van der Waals surface area contributed by atoms with Crippen molar-refractivity contribution in [1.82, 2.24) is 10.2 Å². The molecule has 4 rings (SSSR count). The zero-order valence-corrected chi connectivity index (χ0v) is 14.1. The zero-order chi connectivity index (χ0) is 18.1. The molecule has 0 radical (unpaired) electrons.